The third-order valence-electron chi connectivity index (χ3n) is 7.06. The van der Waals surface area contributed by atoms with E-state index >= 15 is 0 Å². The van der Waals surface area contributed by atoms with E-state index in [1.807, 2.05) is 56.7 Å². The molecule has 1 aromatic heterocycles. The Balaban J connectivity index is 1.63. The number of nitriles is 1. The van der Waals surface area contributed by atoms with Crippen LogP contribution in [0, 0.1) is 25.2 Å². The van der Waals surface area contributed by atoms with Crippen molar-refractivity contribution >= 4 is 11.8 Å². The van der Waals surface area contributed by atoms with E-state index in [1.165, 1.54) is 16.7 Å². The number of hydrogen-bond acceptors (Lipinski definition) is 6. The Bertz CT molecular complexity index is 1180. The van der Waals surface area contributed by atoms with Gasteiger partial charge in [-0.15, -0.1) is 0 Å². The smallest absolute Gasteiger partial charge is 0.0991 e. The Hall–Kier alpha value is -3.40. The van der Waals surface area contributed by atoms with Crippen LogP contribution in [-0.2, 0) is 4.74 Å². The zero-order valence-electron chi connectivity index (χ0n) is 23.1. The van der Waals surface area contributed by atoms with Gasteiger partial charge in [-0.25, -0.2) is 0 Å². The van der Waals surface area contributed by atoms with E-state index in [0.29, 0.717) is 5.92 Å². The average Bonchev–Trinajstić information content (AvgIpc) is 2.90. The molecule has 2 heterocycles. The Morgan fingerprint density at radius 1 is 1.27 bits per heavy atom. The summed E-state index contributed by atoms with van der Waals surface area (Å²) in [6, 6.07) is 10.4. The van der Waals surface area contributed by atoms with Crippen molar-refractivity contribution in [2.45, 2.75) is 52.6 Å². The number of aromatic nitrogens is 1. The van der Waals surface area contributed by atoms with Crippen LogP contribution >= 0.6 is 0 Å². The third kappa shape index (κ3) is 8.04. The van der Waals surface area contributed by atoms with Gasteiger partial charge in [0.1, 0.15) is 0 Å². The minimum Gasteiger partial charge on any atom is -0.388 e. The number of methoxy groups -OCH3 is 1. The molecular formula is C31H41N5O. The maximum Gasteiger partial charge on any atom is 0.0991 e. The number of likely N-dealkylation sites (tertiary alicyclic amines) is 1. The van der Waals surface area contributed by atoms with Gasteiger partial charge in [0.05, 0.1) is 17.7 Å². The maximum atomic E-state index is 9.15. The molecule has 0 saturated carbocycles. The molecule has 1 aliphatic heterocycles. The van der Waals surface area contributed by atoms with Crippen molar-refractivity contribution in [1.82, 2.24) is 15.2 Å². The summed E-state index contributed by atoms with van der Waals surface area (Å²) in [6.45, 7) is 11.5. The lowest BCUT2D eigenvalue weighted by Crippen LogP contribution is -2.34. The first kappa shape index (κ1) is 28.2. The average molecular weight is 500 g/mol. The van der Waals surface area contributed by atoms with Gasteiger partial charge in [-0.3, -0.25) is 9.88 Å². The number of piperidine rings is 1. The number of ether oxygens (including phenoxy) is 1. The number of aryl methyl sites for hydroxylation is 2. The molecule has 2 N–H and O–H groups in total. The Labute approximate surface area is 222 Å². The van der Waals surface area contributed by atoms with Crippen molar-refractivity contribution in [3.05, 3.63) is 88.0 Å². The van der Waals surface area contributed by atoms with Gasteiger partial charge < -0.3 is 15.4 Å². The summed E-state index contributed by atoms with van der Waals surface area (Å²) < 4.78 is 5.33. The molecule has 6 nitrogen and oxygen atoms in total. The minimum absolute atomic E-state index is 0.0367. The highest BCUT2D eigenvalue weighted by atomic mass is 16.5. The Morgan fingerprint density at radius 2 is 2.03 bits per heavy atom. The van der Waals surface area contributed by atoms with Gasteiger partial charge in [0, 0.05) is 55.7 Å². The van der Waals surface area contributed by atoms with Crippen molar-refractivity contribution in [3.63, 3.8) is 0 Å². The standard InChI is InChI=1S/C31H41N5O/c1-22(21-36-15-11-27(12-16-36)29-8-7-26(20-32)18-23(29)2)17-30-25(4)34-14-10-31(30)35-13-9-28(33-5)19-24(3)37-6/h7-10,13-14,17-19,24,27,33H,11-12,15-16,21H2,1-6H3,(H,34,35)/b13-9-,22-17+,28-19+. The molecule has 6 heteroatoms. The molecule has 1 aromatic carbocycles. The topological polar surface area (TPSA) is 73.2 Å². The highest BCUT2D eigenvalue weighted by Crippen LogP contribution is 2.31. The van der Waals surface area contributed by atoms with Crippen molar-refractivity contribution in [2.24, 2.45) is 0 Å². The lowest BCUT2D eigenvalue weighted by atomic mass is 9.86. The predicted octanol–water partition coefficient (Wildman–Crippen LogP) is 5.92. The molecule has 1 aliphatic rings. The molecule has 0 bridgehead atoms. The zero-order chi connectivity index (χ0) is 26.8. The number of pyridine rings is 1. The van der Waals surface area contributed by atoms with Gasteiger partial charge >= 0.3 is 0 Å². The number of nitrogens with one attached hydrogen (secondary N) is 2. The lowest BCUT2D eigenvalue weighted by Gasteiger charge is -2.33. The van der Waals surface area contributed by atoms with Crippen LogP contribution in [0.1, 0.15) is 60.6 Å². The molecule has 1 atom stereocenters. The zero-order valence-corrected chi connectivity index (χ0v) is 23.1. The monoisotopic (exact) mass is 499 g/mol. The van der Waals surface area contributed by atoms with Crippen molar-refractivity contribution in [3.8, 4) is 6.07 Å². The number of likely N-dealkylation sites (N-methyl/N-ethyl adjacent to an activating group) is 1. The van der Waals surface area contributed by atoms with Crippen LogP contribution in [0.4, 0.5) is 5.69 Å². The first-order chi connectivity index (χ1) is 17.8. The van der Waals surface area contributed by atoms with E-state index in [9.17, 15) is 0 Å². The van der Waals surface area contributed by atoms with Crippen molar-refractivity contribution in [1.29, 1.82) is 5.26 Å². The second kappa shape index (κ2) is 13.8. The summed E-state index contributed by atoms with van der Waals surface area (Å²) in [5.41, 5.74) is 8.84. The van der Waals surface area contributed by atoms with Crippen molar-refractivity contribution in [2.75, 3.05) is 39.1 Å². The highest BCUT2D eigenvalue weighted by molar-refractivity contribution is 5.70. The lowest BCUT2D eigenvalue weighted by molar-refractivity contribution is 0.155. The molecule has 1 unspecified atom stereocenters. The molecule has 37 heavy (non-hydrogen) atoms. The number of benzene rings is 1. The summed E-state index contributed by atoms with van der Waals surface area (Å²) in [6.07, 6.45) is 12.4. The summed E-state index contributed by atoms with van der Waals surface area (Å²) in [5, 5.41) is 15.8. The number of nitrogens with zero attached hydrogens (tertiary/aromatic N) is 3. The van der Waals surface area contributed by atoms with Gasteiger partial charge in [0.15, 0.2) is 0 Å². The van der Waals surface area contributed by atoms with Gasteiger partial charge in [-0.1, -0.05) is 17.7 Å². The van der Waals surface area contributed by atoms with Crippen LogP contribution in [0.5, 0.6) is 0 Å². The quantitative estimate of drug-likeness (QED) is 0.396. The highest BCUT2D eigenvalue weighted by Gasteiger charge is 2.22. The van der Waals surface area contributed by atoms with Crippen LogP contribution in [0.25, 0.3) is 6.08 Å². The number of rotatable bonds is 10. The van der Waals surface area contributed by atoms with E-state index in [-0.39, 0.29) is 6.10 Å². The first-order valence-electron chi connectivity index (χ1n) is 13.1. The fourth-order valence-electron chi connectivity index (χ4n) is 4.90. The second-order valence-electron chi connectivity index (χ2n) is 9.87. The fraction of sp³-hybridized carbons (Fsp3) is 0.419. The van der Waals surface area contributed by atoms with Crippen LogP contribution in [0.3, 0.4) is 0 Å². The molecule has 0 spiro atoms. The molecular weight excluding hydrogens is 458 g/mol. The summed E-state index contributed by atoms with van der Waals surface area (Å²) in [5.74, 6) is 0.569. The van der Waals surface area contributed by atoms with Gasteiger partial charge in [-0.05, 0) is 101 Å². The van der Waals surface area contributed by atoms with E-state index in [0.717, 1.165) is 60.7 Å². The van der Waals surface area contributed by atoms with Gasteiger partial charge in [0.25, 0.3) is 0 Å². The van der Waals surface area contributed by atoms with Gasteiger partial charge in [-0.2, -0.15) is 5.26 Å². The third-order valence-corrected chi connectivity index (χ3v) is 7.06. The molecule has 0 aliphatic carbocycles. The second-order valence-corrected chi connectivity index (χ2v) is 9.87. The van der Waals surface area contributed by atoms with Crippen LogP contribution in [0.15, 0.2) is 60.1 Å². The molecule has 2 aromatic rings. The molecule has 1 saturated heterocycles. The van der Waals surface area contributed by atoms with Crippen LogP contribution in [0.2, 0.25) is 0 Å². The van der Waals surface area contributed by atoms with E-state index in [2.05, 4.69) is 59.5 Å². The SMILES string of the molecule is CNC(/C=C\Nc1ccnc(C)c1/C=C(\C)CN1CCC(c2ccc(C#N)cc2C)CC1)=C/C(C)OC. The molecule has 3 rings (SSSR count). The van der Waals surface area contributed by atoms with E-state index in [4.69, 9.17) is 10.00 Å². The predicted molar refractivity (Wildman–Crippen MR) is 153 cm³/mol. The Morgan fingerprint density at radius 3 is 2.68 bits per heavy atom. The van der Waals surface area contributed by atoms with Gasteiger partial charge in [0.2, 0.25) is 0 Å². The fourth-order valence-corrected chi connectivity index (χ4v) is 4.90. The van der Waals surface area contributed by atoms with Crippen molar-refractivity contribution < 1.29 is 4.74 Å². The molecule has 0 amide bonds. The van der Waals surface area contributed by atoms with Crippen LogP contribution < -0.4 is 10.6 Å². The number of hydrogen-bond donors (Lipinski definition) is 2. The molecule has 1 fully saturated rings. The van der Waals surface area contributed by atoms with Crippen LogP contribution in [-0.4, -0.2) is 49.8 Å². The normalized spacial score (nSPS) is 16.6. The number of allylic oxidation sites excluding steroid dienone is 1. The Kier molecular flexibility index (Phi) is 10.5. The first-order valence-corrected chi connectivity index (χ1v) is 13.1. The summed E-state index contributed by atoms with van der Waals surface area (Å²) in [7, 11) is 3.61. The maximum absolute atomic E-state index is 9.15. The number of anilines is 1. The van der Waals surface area contributed by atoms with E-state index in [1.54, 1.807) is 7.11 Å². The largest absolute Gasteiger partial charge is 0.388 e. The minimum atomic E-state index is 0.0367. The molecule has 0 radical (unpaired) electrons. The summed E-state index contributed by atoms with van der Waals surface area (Å²) >= 11 is 0. The van der Waals surface area contributed by atoms with E-state index < -0.39 is 0 Å². The summed E-state index contributed by atoms with van der Waals surface area (Å²) in [4.78, 5) is 7.07. The molecule has 196 valence electrons.